The largest absolute Gasteiger partial charge is 0.380 e. The molecule has 1 aliphatic heterocycles. The third kappa shape index (κ3) is 5.50. The molecule has 0 bridgehead atoms. The Balaban J connectivity index is 2.12. The van der Waals surface area contributed by atoms with E-state index in [4.69, 9.17) is 4.74 Å². The Hall–Kier alpha value is -1.48. The van der Waals surface area contributed by atoms with Crippen LogP contribution in [0.3, 0.4) is 0 Å². The highest BCUT2D eigenvalue weighted by Crippen LogP contribution is 2.14. The lowest BCUT2D eigenvalue weighted by Crippen LogP contribution is -2.35. The van der Waals surface area contributed by atoms with E-state index in [9.17, 15) is 13.2 Å². The average molecular weight is 369 g/mol. The number of benzene rings is 1. The van der Waals surface area contributed by atoms with Crippen LogP contribution in [-0.2, 0) is 14.8 Å². The molecule has 2 N–H and O–H groups in total. The molecule has 140 valence electrons. The van der Waals surface area contributed by atoms with E-state index >= 15 is 0 Å². The van der Waals surface area contributed by atoms with Crippen molar-refractivity contribution < 1.29 is 17.9 Å². The van der Waals surface area contributed by atoms with E-state index in [0.29, 0.717) is 25.1 Å². The van der Waals surface area contributed by atoms with Gasteiger partial charge in [-0.25, -0.2) is 13.1 Å². The van der Waals surface area contributed by atoms with Gasteiger partial charge < -0.3 is 15.0 Å². The lowest BCUT2D eigenvalue weighted by molar-refractivity contribution is 0.0766. The Bertz CT molecular complexity index is 666. The lowest BCUT2D eigenvalue weighted by atomic mass is 10.2. The predicted octanol–water partition coefficient (Wildman–Crippen LogP) is 0.825. The van der Waals surface area contributed by atoms with Crippen LogP contribution < -0.4 is 10.0 Å². The molecule has 7 nitrogen and oxygen atoms in total. The van der Waals surface area contributed by atoms with Gasteiger partial charge in [-0.3, -0.25) is 4.79 Å². The topological polar surface area (TPSA) is 87.7 Å². The molecular weight excluding hydrogens is 342 g/mol. The summed E-state index contributed by atoms with van der Waals surface area (Å²) in [6.45, 7) is 5.07. The van der Waals surface area contributed by atoms with E-state index in [0.717, 1.165) is 19.5 Å². The quantitative estimate of drug-likeness (QED) is 0.743. The number of carbonyl (C=O) groups is 1. The van der Waals surface area contributed by atoms with Crippen molar-refractivity contribution in [3.05, 3.63) is 29.8 Å². The van der Waals surface area contributed by atoms with Crippen LogP contribution in [0.4, 0.5) is 0 Å². The molecular formula is C17H27N3O4S. The number of hydrogen-bond donors (Lipinski definition) is 2. The van der Waals surface area contributed by atoms with Crippen molar-refractivity contribution in [2.75, 3.05) is 39.8 Å². The Labute approximate surface area is 149 Å². The van der Waals surface area contributed by atoms with Gasteiger partial charge in [-0.2, -0.15) is 0 Å². The number of nitrogens with one attached hydrogen (secondary N) is 2. The minimum Gasteiger partial charge on any atom is -0.380 e. The Morgan fingerprint density at radius 1 is 1.36 bits per heavy atom. The second kappa shape index (κ2) is 9.28. The van der Waals surface area contributed by atoms with Gasteiger partial charge in [-0.1, -0.05) is 13.0 Å². The van der Waals surface area contributed by atoms with E-state index < -0.39 is 10.0 Å². The molecule has 1 heterocycles. The molecule has 0 spiro atoms. The number of ether oxygens (including phenoxy) is 1. The molecule has 0 aromatic heterocycles. The van der Waals surface area contributed by atoms with E-state index in [1.54, 1.807) is 24.1 Å². The summed E-state index contributed by atoms with van der Waals surface area (Å²) in [6.07, 6.45) is 1.42. The fourth-order valence-corrected chi connectivity index (χ4v) is 3.82. The molecule has 2 rings (SSSR count). The van der Waals surface area contributed by atoms with Crippen LogP contribution in [-0.4, -0.2) is 65.2 Å². The molecule has 1 fully saturated rings. The summed E-state index contributed by atoms with van der Waals surface area (Å²) in [4.78, 5) is 14.5. The molecule has 8 heteroatoms. The van der Waals surface area contributed by atoms with E-state index in [-0.39, 0.29) is 23.5 Å². The summed E-state index contributed by atoms with van der Waals surface area (Å²) in [5.41, 5.74) is 0.392. The Morgan fingerprint density at radius 3 is 2.88 bits per heavy atom. The molecule has 1 aromatic rings. The monoisotopic (exact) mass is 369 g/mol. The van der Waals surface area contributed by atoms with Crippen LogP contribution in [0.15, 0.2) is 29.2 Å². The number of sulfonamides is 1. The van der Waals surface area contributed by atoms with E-state index in [1.807, 2.05) is 6.92 Å². The summed E-state index contributed by atoms with van der Waals surface area (Å²) < 4.78 is 32.7. The average Bonchev–Trinajstić information content (AvgIpc) is 2.91. The number of amides is 1. The smallest absolute Gasteiger partial charge is 0.253 e. The zero-order chi connectivity index (χ0) is 18.3. The zero-order valence-corrected chi connectivity index (χ0v) is 15.6. The number of nitrogens with zero attached hydrogens (tertiary/aromatic N) is 1. The predicted molar refractivity (Wildman–Crippen MR) is 96.1 cm³/mol. The van der Waals surface area contributed by atoms with Crippen LogP contribution in [0.25, 0.3) is 0 Å². The first-order valence-electron chi connectivity index (χ1n) is 8.60. The zero-order valence-electron chi connectivity index (χ0n) is 14.8. The third-order valence-corrected chi connectivity index (χ3v) is 5.73. The fourth-order valence-electron chi connectivity index (χ4n) is 2.71. The molecule has 1 aromatic carbocycles. The SMILES string of the molecule is CCC(CNS(=O)(=O)c1cccc(C(=O)N2CCCNCC2)c1)OC. The summed E-state index contributed by atoms with van der Waals surface area (Å²) in [6, 6.07) is 6.20. The normalized spacial score (nSPS) is 17.1. The van der Waals surface area contributed by atoms with Gasteiger partial charge in [0.15, 0.2) is 0 Å². The lowest BCUT2D eigenvalue weighted by Gasteiger charge is -2.20. The number of hydrogen-bond acceptors (Lipinski definition) is 5. The standard InChI is InChI=1S/C17H27N3O4S/c1-3-15(24-2)13-19-25(22,23)16-7-4-6-14(12-16)17(21)20-10-5-8-18-9-11-20/h4,6-7,12,15,18-19H,3,5,8-11,13H2,1-2H3. The van der Waals surface area contributed by atoms with Crippen molar-refractivity contribution in [2.45, 2.75) is 30.8 Å². The van der Waals surface area contributed by atoms with Crippen molar-refractivity contribution >= 4 is 15.9 Å². The number of carbonyl (C=O) groups excluding carboxylic acids is 1. The van der Waals surface area contributed by atoms with Crippen LogP contribution >= 0.6 is 0 Å². The van der Waals surface area contributed by atoms with E-state index in [1.165, 1.54) is 12.1 Å². The van der Waals surface area contributed by atoms with Crippen molar-refractivity contribution in [3.8, 4) is 0 Å². The minimum atomic E-state index is -3.68. The first kappa shape index (κ1) is 19.8. The third-order valence-electron chi connectivity index (χ3n) is 4.31. The minimum absolute atomic E-state index is 0.0947. The molecule has 0 saturated carbocycles. The summed E-state index contributed by atoms with van der Waals surface area (Å²) in [5.74, 6) is -0.135. The second-order valence-electron chi connectivity index (χ2n) is 6.04. The van der Waals surface area contributed by atoms with E-state index in [2.05, 4.69) is 10.0 Å². The van der Waals surface area contributed by atoms with Gasteiger partial charge in [0.1, 0.15) is 0 Å². The summed E-state index contributed by atoms with van der Waals surface area (Å²) in [7, 11) is -2.13. The molecule has 1 aliphatic rings. The highest BCUT2D eigenvalue weighted by Gasteiger charge is 2.21. The van der Waals surface area contributed by atoms with Gasteiger partial charge in [0.25, 0.3) is 5.91 Å². The Morgan fingerprint density at radius 2 is 2.16 bits per heavy atom. The summed E-state index contributed by atoms with van der Waals surface area (Å²) in [5, 5.41) is 3.25. The van der Waals surface area contributed by atoms with Crippen molar-refractivity contribution in [1.82, 2.24) is 14.9 Å². The molecule has 1 amide bonds. The molecule has 1 atom stereocenters. The molecule has 1 saturated heterocycles. The second-order valence-corrected chi connectivity index (χ2v) is 7.81. The Kier molecular flexibility index (Phi) is 7.37. The van der Waals surface area contributed by atoms with Gasteiger partial charge in [0.2, 0.25) is 10.0 Å². The maximum atomic E-state index is 12.7. The van der Waals surface area contributed by atoms with Crippen LogP contribution in [0.5, 0.6) is 0 Å². The summed E-state index contributed by atoms with van der Waals surface area (Å²) >= 11 is 0. The van der Waals surface area contributed by atoms with Gasteiger partial charge in [0, 0.05) is 38.9 Å². The van der Waals surface area contributed by atoms with Crippen LogP contribution in [0, 0.1) is 0 Å². The molecule has 0 aliphatic carbocycles. The molecule has 0 radical (unpaired) electrons. The van der Waals surface area contributed by atoms with Crippen LogP contribution in [0.2, 0.25) is 0 Å². The van der Waals surface area contributed by atoms with Gasteiger partial charge in [0.05, 0.1) is 11.0 Å². The highest BCUT2D eigenvalue weighted by molar-refractivity contribution is 7.89. The van der Waals surface area contributed by atoms with Gasteiger partial charge >= 0.3 is 0 Å². The van der Waals surface area contributed by atoms with Gasteiger partial charge in [-0.05, 0) is 37.6 Å². The molecule has 25 heavy (non-hydrogen) atoms. The first-order chi connectivity index (χ1) is 12.0. The van der Waals surface area contributed by atoms with Crippen molar-refractivity contribution in [2.24, 2.45) is 0 Å². The maximum Gasteiger partial charge on any atom is 0.253 e. The van der Waals surface area contributed by atoms with Gasteiger partial charge in [-0.15, -0.1) is 0 Å². The van der Waals surface area contributed by atoms with Crippen LogP contribution in [0.1, 0.15) is 30.1 Å². The van der Waals surface area contributed by atoms with Crippen molar-refractivity contribution in [1.29, 1.82) is 0 Å². The maximum absolute atomic E-state index is 12.7. The highest BCUT2D eigenvalue weighted by atomic mass is 32.2. The fraction of sp³-hybridized carbons (Fsp3) is 0.588. The first-order valence-corrected chi connectivity index (χ1v) is 10.1. The number of rotatable bonds is 7. The number of methoxy groups -OCH3 is 1. The molecule has 1 unspecified atom stereocenters. The van der Waals surface area contributed by atoms with Crippen molar-refractivity contribution in [3.63, 3.8) is 0 Å².